The predicted octanol–water partition coefficient (Wildman–Crippen LogP) is 2.39. The van der Waals surface area contributed by atoms with E-state index in [1.165, 1.54) is 34.2 Å². The standard InChI is InChI=1S/C59H74N8O23/c1-37(68)87-35-89-55(78)32-67(33-56(79)90-36-88-38(2)69)45-18-15-39(28-49(45)86-34-41-8-3-4-19-60-41)43-30-50(70)62-44-29-40(16-17-42(43)44)61-51(71)31-63-20-22-64(46(57(80)81)9-5-12-52(72)73)24-26-66(48(59(84)85)11-7-14-54(76)77)27-25-65(23-21-63)47(58(82)83)10-6-13-53(74)75/h3-4,8,15-19,28-30,46-48H,5-7,9-14,20-27,31-36H2,1-2H3,(H,61,71)(H,62,70)(H,72,73)(H,74,75)(H,76,77)(H,80,81)(H,82,83)(H,84,85). The molecule has 2 aromatic carbocycles. The maximum absolute atomic E-state index is 14.2. The maximum atomic E-state index is 14.2. The number of hydrogen-bond acceptors (Lipinski definition) is 23. The van der Waals surface area contributed by atoms with Crippen molar-refractivity contribution in [1.82, 2.24) is 29.6 Å². The van der Waals surface area contributed by atoms with Crippen molar-refractivity contribution in [3.05, 3.63) is 82.9 Å². The summed E-state index contributed by atoms with van der Waals surface area (Å²) in [5, 5.41) is 62.9. The Morgan fingerprint density at radius 1 is 0.600 bits per heavy atom. The number of fused-ring (bicyclic) bond motifs is 1. The van der Waals surface area contributed by atoms with Gasteiger partial charge < -0.3 is 69.5 Å². The molecular formula is C59H74N8O23. The first-order valence-electron chi connectivity index (χ1n) is 28.6. The Morgan fingerprint density at radius 3 is 1.53 bits per heavy atom. The topological polar surface area (TPSA) is 429 Å². The zero-order valence-corrected chi connectivity index (χ0v) is 49.7. The summed E-state index contributed by atoms with van der Waals surface area (Å²) in [6.07, 6.45) is 0.0148. The van der Waals surface area contributed by atoms with Crippen LogP contribution in [-0.2, 0) is 78.3 Å². The van der Waals surface area contributed by atoms with Crippen LogP contribution in [0.3, 0.4) is 0 Å². The minimum absolute atomic E-state index is 0.0339. The van der Waals surface area contributed by atoms with Gasteiger partial charge in [0.05, 0.1) is 23.4 Å². The molecule has 0 saturated carbocycles. The highest BCUT2D eigenvalue weighted by molar-refractivity contribution is 5.99. The van der Waals surface area contributed by atoms with Gasteiger partial charge in [-0.2, -0.15) is 0 Å². The number of nitrogens with one attached hydrogen (secondary N) is 2. The molecular weight excluding hydrogens is 1190 g/mol. The molecule has 8 N–H and O–H groups in total. The molecule has 5 rings (SSSR count). The zero-order valence-electron chi connectivity index (χ0n) is 49.7. The number of H-pyrrole nitrogens is 1. The Labute approximate surface area is 515 Å². The molecule has 90 heavy (non-hydrogen) atoms. The minimum Gasteiger partial charge on any atom is -0.485 e. The van der Waals surface area contributed by atoms with Gasteiger partial charge in [-0.25, -0.2) is 0 Å². The first-order chi connectivity index (χ1) is 42.9. The molecule has 4 aromatic rings. The van der Waals surface area contributed by atoms with E-state index in [4.69, 9.17) is 23.7 Å². The lowest BCUT2D eigenvalue weighted by Gasteiger charge is -2.38. The van der Waals surface area contributed by atoms with Crippen LogP contribution in [0.2, 0.25) is 0 Å². The summed E-state index contributed by atoms with van der Waals surface area (Å²) < 4.78 is 25.9. The molecule has 3 unspecified atom stereocenters. The lowest BCUT2D eigenvalue weighted by Crippen LogP contribution is -2.55. The number of hydrogen-bond donors (Lipinski definition) is 8. The molecule has 0 radical (unpaired) electrons. The maximum Gasteiger partial charge on any atom is 0.328 e. The number of carboxylic acids is 6. The van der Waals surface area contributed by atoms with Gasteiger partial charge in [0.2, 0.25) is 25.1 Å². The first-order valence-corrected chi connectivity index (χ1v) is 28.6. The van der Waals surface area contributed by atoms with Crippen molar-refractivity contribution in [2.75, 3.05) is 95.8 Å². The van der Waals surface area contributed by atoms with E-state index in [1.54, 1.807) is 57.2 Å². The van der Waals surface area contributed by atoms with Gasteiger partial charge in [0.1, 0.15) is 43.6 Å². The average Bonchev–Trinajstić information content (AvgIpc) is 0.801. The molecule has 1 aliphatic rings. The predicted molar refractivity (Wildman–Crippen MR) is 315 cm³/mol. The fraction of sp³-hybridized carbons (Fsp3) is 0.475. The van der Waals surface area contributed by atoms with Crippen molar-refractivity contribution in [2.45, 2.75) is 96.4 Å². The molecule has 0 spiro atoms. The quantitative estimate of drug-likeness (QED) is 0.0246. The van der Waals surface area contributed by atoms with E-state index in [1.807, 2.05) is 0 Å². The van der Waals surface area contributed by atoms with Gasteiger partial charge in [-0.15, -0.1) is 0 Å². The number of carbonyl (C=O) groups is 11. The molecule has 1 amide bonds. The number of aromatic nitrogens is 2. The van der Waals surface area contributed by atoms with Crippen LogP contribution < -0.4 is 20.5 Å². The van der Waals surface area contributed by atoms with Crippen LogP contribution in [0.25, 0.3) is 22.0 Å². The number of ether oxygens (including phenoxy) is 5. The number of esters is 4. The van der Waals surface area contributed by atoms with Gasteiger partial charge in [0.25, 0.3) is 0 Å². The molecule has 31 nitrogen and oxygen atoms in total. The third-order valence-electron chi connectivity index (χ3n) is 14.3. The lowest BCUT2D eigenvalue weighted by atomic mass is 10.00. The van der Waals surface area contributed by atoms with Gasteiger partial charge in [0, 0.05) is 109 Å². The van der Waals surface area contributed by atoms with Gasteiger partial charge in [-0.3, -0.25) is 82.1 Å². The van der Waals surface area contributed by atoms with Gasteiger partial charge in [-0.05, 0) is 86.1 Å². The molecule has 3 heterocycles. The van der Waals surface area contributed by atoms with E-state index in [-0.39, 0.29) is 146 Å². The average molecular weight is 1260 g/mol. The summed E-state index contributed by atoms with van der Waals surface area (Å²) in [4.78, 5) is 164. The van der Waals surface area contributed by atoms with Crippen molar-refractivity contribution in [3.8, 4) is 16.9 Å². The number of amides is 1. The monoisotopic (exact) mass is 1260 g/mol. The molecule has 2 aromatic heterocycles. The lowest BCUT2D eigenvalue weighted by molar-refractivity contribution is -0.165. The summed E-state index contributed by atoms with van der Waals surface area (Å²) in [5.74, 6) is -11.2. The van der Waals surface area contributed by atoms with E-state index in [2.05, 4.69) is 15.3 Å². The molecule has 3 atom stereocenters. The number of carboxylic acid groups (broad SMARTS) is 6. The summed E-state index contributed by atoms with van der Waals surface area (Å²) in [5.41, 5.74) is 1.23. The van der Waals surface area contributed by atoms with Crippen molar-refractivity contribution in [2.24, 2.45) is 0 Å². The summed E-state index contributed by atoms with van der Waals surface area (Å²) in [7, 11) is 0. The van der Waals surface area contributed by atoms with E-state index in [9.17, 15) is 88.2 Å². The Hall–Kier alpha value is -9.59. The van der Waals surface area contributed by atoms with Crippen LogP contribution in [0.4, 0.5) is 11.4 Å². The van der Waals surface area contributed by atoms with E-state index in [0.29, 0.717) is 22.2 Å². The highest BCUT2D eigenvalue weighted by Gasteiger charge is 2.34. The second kappa shape index (κ2) is 36.0. The van der Waals surface area contributed by atoms with Crippen LogP contribution in [0.5, 0.6) is 5.75 Å². The molecule has 1 fully saturated rings. The molecule has 31 heteroatoms. The largest absolute Gasteiger partial charge is 0.485 e. The molecule has 488 valence electrons. The molecule has 1 saturated heterocycles. The Bertz CT molecular complexity index is 3150. The minimum atomic E-state index is -1.31. The third-order valence-corrected chi connectivity index (χ3v) is 14.3. The van der Waals surface area contributed by atoms with E-state index < -0.39 is 116 Å². The summed E-state index contributed by atoms with van der Waals surface area (Å²) in [6.45, 7) is -1.70. The van der Waals surface area contributed by atoms with Crippen LogP contribution in [-0.4, -0.2) is 230 Å². The number of carbonyl (C=O) groups excluding carboxylic acids is 5. The molecule has 0 bridgehead atoms. The SMILES string of the molecule is CC(=O)OCOC(=O)CN(CC(=O)OCOC(C)=O)c1ccc(-c2cc(=O)[nH]c3cc(NC(=O)CN4CCN(C(CCCC(=O)O)C(=O)O)CCN(C(CCCC(=O)O)C(=O)O)CCN(C(CCCC(=O)O)C(=O)O)CC4)ccc23)cc1OCc1ccccn1. The van der Waals surface area contributed by atoms with Crippen molar-refractivity contribution in [3.63, 3.8) is 0 Å². The van der Waals surface area contributed by atoms with Crippen molar-refractivity contribution in [1.29, 1.82) is 0 Å². The fourth-order valence-electron chi connectivity index (χ4n) is 9.98. The normalized spacial score (nSPS) is 14.7. The highest BCUT2D eigenvalue weighted by Crippen LogP contribution is 2.37. The van der Waals surface area contributed by atoms with Crippen LogP contribution in [0.15, 0.2) is 71.7 Å². The fourth-order valence-corrected chi connectivity index (χ4v) is 9.98. The second-order valence-electron chi connectivity index (χ2n) is 20.8. The van der Waals surface area contributed by atoms with Gasteiger partial charge >= 0.3 is 59.7 Å². The number of rotatable bonds is 34. The summed E-state index contributed by atoms with van der Waals surface area (Å²) in [6, 6.07) is 11.9. The number of anilines is 2. The molecule has 0 aliphatic carbocycles. The van der Waals surface area contributed by atoms with Crippen molar-refractivity contribution < 1.29 is 107 Å². The number of nitrogens with zero attached hydrogens (tertiary/aromatic N) is 6. The van der Waals surface area contributed by atoms with Crippen LogP contribution >= 0.6 is 0 Å². The van der Waals surface area contributed by atoms with Crippen LogP contribution in [0, 0.1) is 0 Å². The number of aromatic amines is 1. The van der Waals surface area contributed by atoms with Gasteiger partial charge in [-0.1, -0.05) is 18.2 Å². The Balaban J connectivity index is 1.50. The Kier molecular flexibility index (Phi) is 28.5. The third kappa shape index (κ3) is 24.2. The van der Waals surface area contributed by atoms with E-state index >= 15 is 0 Å². The van der Waals surface area contributed by atoms with Crippen molar-refractivity contribution >= 4 is 87.9 Å². The number of benzene rings is 2. The number of aliphatic carboxylic acids is 6. The van der Waals surface area contributed by atoms with E-state index in [0.717, 1.165) is 13.8 Å². The molecule has 1 aliphatic heterocycles. The zero-order chi connectivity index (χ0) is 65.9. The van der Waals surface area contributed by atoms with Gasteiger partial charge in [0.15, 0.2) is 0 Å². The summed E-state index contributed by atoms with van der Waals surface area (Å²) >= 11 is 0. The number of pyridine rings is 2. The highest BCUT2D eigenvalue weighted by atomic mass is 16.7. The Morgan fingerprint density at radius 2 is 1.09 bits per heavy atom. The second-order valence-corrected chi connectivity index (χ2v) is 20.8. The van der Waals surface area contributed by atoms with Crippen LogP contribution in [0.1, 0.15) is 77.3 Å². The smallest absolute Gasteiger partial charge is 0.328 e. The first kappa shape index (κ1) is 71.2.